The summed E-state index contributed by atoms with van der Waals surface area (Å²) in [5, 5.41) is 17.8. The lowest BCUT2D eigenvalue weighted by Crippen LogP contribution is -2.25. The number of rotatable bonds is 10. The summed E-state index contributed by atoms with van der Waals surface area (Å²) in [5.41, 5.74) is 0.973. The minimum atomic E-state index is -0.870. The molecule has 5 nitrogen and oxygen atoms in total. The highest BCUT2D eigenvalue weighted by atomic mass is 16.5. The average molecular weight is 296 g/mol. The number of ether oxygens (including phenoxy) is 2. The number of aliphatic hydroxyl groups excluding tert-OH is 1. The van der Waals surface area contributed by atoms with Crippen molar-refractivity contribution in [1.82, 2.24) is 0 Å². The van der Waals surface area contributed by atoms with Crippen molar-refractivity contribution in [3.63, 3.8) is 0 Å². The van der Waals surface area contributed by atoms with Crippen molar-refractivity contribution in [2.45, 2.75) is 38.9 Å². The Morgan fingerprint density at radius 3 is 2.48 bits per heavy atom. The molecule has 0 aliphatic carbocycles. The minimum Gasteiger partial charge on any atom is -0.497 e. The molecule has 1 rings (SSSR count). The van der Waals surface area contributed by atoms with E-state index in [4.69, 9.17) is 19.7 Å². The molecule has 118 valence electrons. The van der Waals surface area contributed by atoms with Crippen molar-refractivity contribution in [3.8, 4) is 5.75 Å². The highest BCUT2D eigenvalue weighted by Crippen LogP contribution is 2.20. The molecule has 0 heterocycles. The van der Waals surface area contributed by atoms with E-state index in [1.165, 1.54) is 0 Å². The van der Waals surface area contributed by atoms with Crippen molar-refractivity contribution in [1.29, 1.82) is 0 Å². The third-order valence-corrected chi connectivity index (χ3v) is 3.45. The van der Waals surface area contributed by atoms with Crippen molar-refractivity contribution in [2.75, 3.05) is 13.7 Å². The number of aliphatic carboxylic acids is 1. The van der Waals surface area contributed by atoms with Gasteiger partial charge < -0.3 is 19.7 Å². The van der Waals surface area contributed by atoms with Gasteiger partial charge in [0.05, 0.1) is 26.2 Å². The van der Waals surface area contributed by atoms with Gasteiger partial charge in [-0.1, -0.05) is 19.1 Å². The number of hydrogen-bond acceptors (Lipinski definition) is 4. The molecule has 5 heteroatoms. The first kappa shape index (κ1) is 17.5. The number of carboxylic acids is 1. The Hall–Kier alpha value is -1.59. The zero-order chi connectivity index (χ0) is 15.7. The summed E-state index contributed by atoms with van der Waals surface area (Å²) in [6, 6.07) is 7.49. The second-order valence-electron chi connectivity index (χ2n) is 5.14. The fraction of sp³-hybridized carbons (Fsp3) is 0.562. The van der Waals surface area contributed by atoms with Crippen molar-refractivity contribution in [3.05, 3.63) is 29.8 Å². The van der Waals surface area contributed by atoms with Crippen LogP contribution in [0.3, 0.4) is 0 Å². The van der Waals surface area contributed by atoms with Gasteiger partial charge in [0.25, 0.3) is 0 Å². The molecule has 0 aromatic heterocycles. The molecule has 0 unspecified atom stereocenters. The largest absolute Gasteiger partial charge is 0.497 e. The number of carboxylic acid groups (broad SMARTS) is 1. The number of methoxy groups -OCH3 is 1. The lowest BCUT2D eigenvalue weighted by molar-refractivity contribution is -0.141. The molecular formula is C16H24O5. The Morgan fingerprint density at radius 2 is 1.95 bits per heavy atom. The quantitative estimate of drug-likeness (QED) is 0.693. The van der Waals surface area contributed by atoms with Gasteiger partial charge in [-0.15, -0.1) is 0 Å². The number of aliphatic hydroxyl groups is 1. The Labute approximate surface area is 125 Å². The first-order chi connectivity index (χ1) is 10.1. The van der Waals surface area contributed by atoms with Crippen molar-refractivity contribution < 1.29 is 24.5 Å². The molecule has 0 aliphatic heterocycles. The normalized spacial score (nSPS) is 13.7. The van der Waals surface area contributed by atoms with Crippen LogP contribution >= 0.6 is 0 Å². The number of carbonyl (C=O) groups is 1. The molecular weight excluding hydrogens is 272 g/mol. The van der Waals surface area contributed by atoms with Gasteiger partial charge >= 0.3 is 5.97 Å². The van der Waals surface area contributed by atoms with Gasteiger partial charge in [0.1, 0.15) is 5.75 Å². The van der Waals surface area contributed by atoms with Crippen LogP contribution in [0.15, 0.2) is 24.3 Å². The SMILES string of the molecule is COc1ccc(CO[C@@H](CC(=O)O)[C@@H](C)CCCO)cc1. The van der Waals surface area contributed by atoms with Gasteiger partial charge in [-0.25, -0.2) is 0 Å². The fourth-order valence-electron chi connectivity index (χ4n) is 2.12. The second-order valence-corrected chi connectivity index (χ2v) is 5.14. The van der Waals surface area contributed by atoms with Crippen LogP contribution in [0.1, 0.15) is 31.7 Å². The summed E-state index contributed by atoms with van der Waals surface area (Å²) < 4.78 is 10.9. The molecule has 21 heavy (non-hydrogen) atoms. The van der Waals surface area contributed by atoms with Crippen molar-refractivity contribution in [2.24, 2.45) is 5.92 Å². The first-order valence-electron chi connectivity index (χ1n) is 7.14. The van der Waals surface area contributed by atoms with Crippen LogP contribution in [0.5, 0.6) is 5.75 Å². The molecule has 1 aromatic rings. The lowest BCUT2D eigenvalue weighted by Gasteiger charge is -2.23. The Kier molecular flexibility index (Phi) is 7.79. The summed E-state index contributed by atoms with van der Waals surface area (Å²) in [5.74, 6) is -0.00534. The van der Waals surface area contributed by atoms with Crippen LogP contribution in [0, 0.1) is 5.92 Å². The monoisotopic (exact) mass is 296 g/mol. The molecule has 2 atom stereocenters. The Balaban J connectivity index is 2.56. The van der Waals surface area contributed by atoms with Crippen molar-refractivity contribution >= 4 is 5.97 Å². The maximum Gasteiger partial charge on any atom is 0.305 e. The van der Waals surface area contributed by atoms with Gasteiger partial charge in [0, 0.05) is 6.61 Å². The van der Waals surface area contributed by atoms with E-state index in [0.29, 0.717) is 13.0 Å². The average Bonchev–Trinajstić information content (AvgIpc) is 2.49. The zero-order valence-corrected chi connectivity index (χ0v) is 12.6. The van der Waals surface area contributed by atoms with E-state index in [2.05, 4.69) is 0 Å². The predicted octanol–water partition coefficient (Wildman–Crippen LogP) is 2.46. The maximum atomic E-state index is 10.9. The molecule has 2 N–H and O–H groups in total. The van der Waals surface area contributed by atoms with Crippen LogP contribution < -0.4 is 4.74 Å². The zero-order valence-electron chi connectivity index (χ0n) is 12.6. The van der Waals surface area contributed by atoms with Gasteiger partial charge in [-0.05, 0) is 36.5 Å². The summed E-state index contributed by atoms with van der Waals surface area (Å²) in [6.45, 7) is 2.44. The molecule has 0 amide bonds. The third-order valence-electron chi connectivity index (χ3n) is 3.45. The van der Waals surface area contributed by atoms with Crippen LogP contribution in [0.4, 0.5) is 0 Å². The van der Waals surface area contributed by atoms with Gasteiger partial charge in [-0.2, -0.15) is 0 Å². The first-order valence-corrected chi connectivity index (χ1v) is 7.14. The predicted molar refractivity (Wildman–Crippen MR) is 79.3 cm³/mol. The molecule has 0 fully saturated rings. The number of hydrogen-bond donors (Lipinski definition) is 2. The van der Waals surface area contributed by atoms with E-state index < -0.39 is 5.97 Å². The van der Waals surface area contributed by atoms with E-state index in [0.717, 1.165) is 17.7 Å². The fourth-order valence-corrected chi connectivity index (χ4v) is 2.12. The molecule has 0 aliphatic rings. The number of benzene rings is 1. The van der Waals surface area contributed by atoms with Crippen LogP contribution in [-0.4, -0.2) is 36.0 Å². The van der Waals surface area contributed by atoms with Gasteiger partial charge in [-0.3, -0.25) is 4.79 Å². The highest BCUT2D eigenvalue weighted by molar-refractivity contribution is 5.67. The summed E-state index contributed by atoms with van der Waals surface area (Å²) in [4.78, 5) is 10.9. The Morgan fingerprint density at radius 1 is 1.29 bits per heavy atom. The van der Waals surface area contributed by atoms with E-state index in [1.54, 1.807) is 7.11 Å². The molecule has 0 saturated carbocycles. The maximum absolute atomic E-state index is 10.9. The molecule has 0 saturated heterocycles. The van der Waals surface area contributed by atoms with E-state index in [1.807, 2.05) is 31.2 Å². The van der Waals surface area contributed by atoms with Crippen LogP contribution in [0.2, 0.25) is 0 Å². The summed E-state index contributed by atoms with van der Waals surface area (Å²) >= 11 is 0. The van der Waals surface area contributed by atoms with E-state index in [-0.39, 0.29) is 25.0 Å². The van der Waals surface area contributed by atoms with E-state index in [9.17, 15) is 4.79 Å². The molecule has 0 radical (unpaired) electrons. The van der Waals surface area contributed by atoms with E-state index >= 15 is 0 Å². The smallest absolute Gasteiger partial charge is 0.305 e. The van der Waals surface area contributed by atoms with Crippen LogP contribution in [0.25, 0.3) is 0 Å². The lowest BCUT2D eigenvalue weighted by atomic mass is 9.96. The highest BCUT2D eigenvalue weighted by Gasteiger charge is 2.21. The summed E-state index contributed by atoms with van der Waals surface area (Å²) in [6.07, 6.45) is 1.03. The standard InChI is InChI=1S/C16H24O5/c1-12(4-3-9-17)15(10-16(18)19)21-11-13-5-7-14(20-2)8-6-13/h5-8,12,15,17H,3-4,9-11H2,1-2H3,(H,18,19)/t12-,15-/m0/s1. The topological polar surface area (TPSA) is 76.0 Å². The summed E-state index contributed by atoms with van der Waals surface area (Å²) in [7, 11) is 1.61. The van der Waals surface area contributed by atoms with Gasteiger partial charge in [0.15, 0.2) is 0 Å². The van der Waals surface area contributed by atoms with Crippen LogP contribution in [-0.2, 0) is 16.1 Å². The molecule has 0 spiro atoms. The Bertz CT molecular complexity index is 415. The molecule has 1 aromatic carbocycles. The van der Waals surface area contributed by atoms with Gasteiger partial charge in [0.2, 0.25) is 0 Å². The minimum absolute atomic E-state index is 0.0250. The third kappa shape index (κ3) is 6.60. The second kappa shape index (κ2) is 9.37. The molecule has 0 bridgehead atoms.